The van der Waals surface area contributed by atoms with Crippen LogP contribution < -0.4 is 0 Å². The van der Waals surface area contributed by atoms with Gasteiger partial charge >= 0.3 is 5.97 Å². The summed E-state index contributed by atoms with van der Waals surface area (Å²) in [4.78, 5) is 11.6. The maximum atomic E-state index is 11.6. The maximum absolute atomic E-state index is 11.6. The minimum atomic E-state index is -0.160. The van der Waals surface area contributed by atoms with E-state index < -0.39 is 0 Å². The van der Waals surface area contributed by atoms with Crippen molar-refractivity contribution in [2.45, 2.75) is 52.6 Å². The number of hydrogen-bond donors (Lipinski definition) is 0. The molecule has 0 radical (unpaired) electrons. The number of ether oxygens (including phenoxy) is 1. The van der Waals surface area contributed by atoms with Crippen LogP contribution in [0, 0.1) is 5.41 Å². The minimum Gasteiger partial charge on any atom is -0.462 e. The zero-order valence-electron chi connectivity index (χ0n) is 8.22. The Kier molecular flexibility index (Phi) is 2.76. The van der Waals surface area contributed by atoms with Gasteiger partial charge in [-0.1, -0.05) is 13.8 Å². The molecule has 0 aromatic rings. The highest BCUT2D eigenvalue weighted by Gasteiger charge is 2.40. The fourth-order valence-electron chi connectivity index (χ4n) is 1.84. The van der Waals surface area contributed by atoms with Crippen LogP contribution in [0.15, 0.2) is 0 Å². The molecule has 12 heavy (non-hydrogen) atoms. The van der Waals surface area contributed by atoms with E-state index >= 15 is 0 Å². The maximum Gasteiger partial charge on any atom is 0.312 e. The first kappa shape index (κ1) is 9.56. The molecule has 0 saturated carbocycles. The molecule has 1 heterocycles. The zero-order valence-corrected chi connectivity index (χ0v) is 8.22. The molecule has 0 amide bonds. The number of carbonyl (C=O) groups excluding carboxylic acids is 1. The monoisotopic (exact) mass is 170 g/mol. The van der Waals surface area contributed by atoms with E-state index in [2.05, 4.69) is 13.8 Å². The second-order valence-electron chi connectivity index (χ2n) is 3.74. The van der Waals surface area contributed by atoms with Gasteiger partial charge in [-0.05, 0) is 32.6 Å². The highest BCUT2D eigenvalue weighted by Crippen LogP contribution is 2.38. The van der Waals surface area contributed by atoms with Crippen molar-refractivity contribution >= 4 is 5.97 Å². The molecule has 0 aromatic carbocycles. The molecule has 1 rings (SSSR count). The van der Waals surface area contributed by atoms with Crippen LogP contribution >= 0.6 is 0 Å². The Morgan fingerprint density at radius 2 is 2.08 bits per heavy atom. The molecule has 1 fully saturated rings. The Morgan fingerprint density at radius 1 is 1.50 bits per heavy atom. The molecule has 0 aliphatic carbocycles. The Morgan fingerprint density at radius 3 is 2.50 bits per heavy atom. The second-order valence-corrected chi connectivity index (χ2v) is 3.74. The summed E-state index contributed by atoms with van der Waals surface area (Å²) in [7, 11) is 0. The van der Waals surface area contributed by atoms with Crippen LogP contribution in [-0.2, 0) is 9.53 Å². The summed E-state index contributed by atoms with van der Waals surface area (Å²) < 4.78 is 5.24. The lowest BCUT2D eigenvalue weighted by Gasteiger charge is -2.35. The van der Waals surface area contributed by atoms with Crippen molar-refractivity contribution in [2.75, 3.05) is 0 Å². The van der Waals surface area contributed by atoms with Crippen molar-refractivity contribution in [1.82, 2.24) is 0 Å². The van der Waals surface area contributed by atoms with Crippen LogP contribution in [0.25, 0.3) is 0 Å². The molecule has 0 aromatic heterocycles. The number of cyclic esters (lactones) is 1. The van der Waals surface area contributed by atoms with Gasteiger partial charge in [-0.25, -0.2) is 0 Å². The van der Waals surface area contributed by atoms with Crippen molar-refractivity contribution in [3.05, 3.63) is 0 Å². The first-order chi connectivity index (χ1) is 5.64. The van der Waals surface area contributed by atoms with Gasteiger partial charge in [0, 0.05) is 0 Å². The van der Waals surface area contributed by atoms with E-state index in [4.69, 9.17) is 4.74 Å². The lowest BCUT2D eigenvalue weighted by atomic mass is 9.76. The van der Waals surface area contributed by atoms with Crippen LogP contribution in [0.5, 0.6) is 0 Å². The van der Waals surface area contributed by atoms with Gasteiger partial charge < -0.3 is 4.74 Å². The lowest BCUT2D eigenvalue weighted by molar-refractivity contribution is -0.169. The fraction of sp³-hybridized carbons (Fsp3) is 0.900. The Balaban J connectivity index is 2.71. The molecule has 0 bridgehead atoms. The van der Waals surface area contributed by atoms with Gasteiger partial charge in [0.25, 0.3) is 0 Å². The first-order valence-corrected chi connectivity index (χ1v) is 4.85. The summed E-state index contributed by atoms with van der Waals surface area (Å²) in [5, 5.41) is 0. The molecule has 2 nitrogen and oxygen atoms in total. The normalized spacial score (nSPS) is 28.2. The van der Waals surface area contributed by atoms with Crippen LogP contribution in [0.3, 0.4) is 0 Å². The molecule has 2 heteroatoms. The molecular formula is C10H18O2. The summed E-state index contributed by atoms with van der Waals surface area (Å²) in [5.74, 6) is 0.0197. The largest absolute Gasteiger partial charge is 0.462 e. The predicted molar refractivity (Wildman–Crippen MR) is 47.8 cm³/mol. The van der Waals surface area contributed by atoms with E-state index in [9.17, 15) is 4.79 Å². The van der Waals surface area contributed by atoms with Crippen molar-refractivity contribution in [3.63, 3.8) is 0 Å². The highest BCUT2D eigenvalue weighted by molar-refractivity contribution is 5.77. The Bertz CT molecular complexity index is 171. The van der Waals surface area contributed by atoms with Gasteiger partial charge in [0.2, 0.25) is 0 Å². The average Bonchev–Trinajstić information content (AvgIpc) is 2.06. The van der Waals surface area contributed by atoms with Gasteiger partial charge in [0.1, 0.15) is 0 Å². The number of esters is 1. The third-order valence-corrected chi connectivity index (χ3v) is 3.12. The highest BCUT2D eigenvalue weighted by atomic mass is 16.5. The van der Waals surface area contributed by atoms with Crippen LogP contribution in [0.1, 0.15) is 46.5 Å². The van der Waals surface area contributed by atoms with E-state index in [0.717, 1.165) is 25.7 Å². The summed E-state index contributed by atoms with van der Waals surface area (Å²) in [6.45, 7) is 6.11. The molecule has 1 aliphatic heterocycles. The zero-order chi connectivity index (χ0) is 9.19. The summed E-state index contributed by atoms with van der Waals surface area (Å²) >= 11 is 0. The SMILES string of the molecule is CCC1(CC)CCC(C)OC1=O. The third kappa shape index (κ3) is 1.47. The lowest BCUT2D eigenvalue weighted by Crippen LogP contribution is -2.39. The van der Waals surface area contributed by atoms with Gasteiger partial charge in [-0.3, -0.25) is 4.79 Å². The molecule has 70 valence electrons. The van der Waals surface area contributed by atoms with Gasteiger partial charge in [-0.2, -0.15) is 0 Å². The molecule has 1 unspecified atom stereocenters. The number of rotatable bonds is 2. The van der Waals surface area contributed by atoms with Crippen molar-refractivity contribution in [3.8, 4) is 0 Å². The quantitative estimate of drug-likeness (QED) is 0.595. The first-order valence-electron chi connectivity index (χ1n) is 4.85. The average molecular weight is 170 g/mol. The van der Waals surface area contributed by atoms with E-state index in [1.807, 2.05) is 6.92 Å². The van der Waals surface area contributed by atoms with Crippen molar-refractivity contribution in [2.24, 2.45) is 5.41 Å². The molecular weight excluding hydrogens is 152 g/mol. The van der Waals surface area contributed by atoms with E-state index in [0.29, 0.717) is 0 Å². The van der Waals surface area contributed by atoms with Crippen molar-refractivity contribution < 1.29 is 9.53 Å². The summed E-state index contributed by atoms with van der Waals surface area (Å²) in [6.07, 6.45) is 3.97. The van der Waals surface area contributed by atoms with Crippen LogP contribution in [-0.4, -0.2) is 12.1 Å². The molecule has 1 atom stereocenters. The summed E-state index contributed by atoms with van der Waals surface area (Å²) in [6, 6.07) is 0. The smallest absolute Gasteiger partial charge is 0.312 e. The Labute approximate surface area is 74.3 Å². The second kappa shape index (κ2) is 3.46. The standard InChI is InChI=1S/C10H18O2/c1-4-10(5-2)7-6-8(3)12-9(10)11/h8H,4-7H2,1-3H3. The Hall–Kier alpha value is -0.530. The predicted octanol–water partition coefficient (Wildman–Crippen LogP) is 2.52. The molecule has 1 saturated heterocycles. The molecule has 0 spiro atoms. The van der Waals surface area contributed by atoms with E-state index in [-0.39, 0.29) is 17.5 Å². The fourth-order valence-corrected chi connectivity index (χ4v) is 1.84. The number of carbonyl (C=O) groups is 1. The number of hydrogen-bond acceptors (Lipinski definition) is 2. The molecule has 0 N–H and O–H groups in total. The minimum absolute atomic E-state index is 0.0197. The van der Waals surface area contributed by atoms with E-state index in [1.165, 1.54) is 0 Å². The van der Waals surface area contributed by atoms with Crippen LogP contribution in [0.2, 0.25) is 0 Å². The molecule has 1 aliphatic rings. The van der Waals surface area contributed by atoms with Crippen LogP contribution in [0.4, 0.5) is 0 Å². The van der Waals surface area contributed by atoms with Gasteiger partial charge in [0.05, 0.1) is 11.5 Å². The van der Waals surface area contributed by atoms with Gasteiger partial charge in [0.15, 0.2) is 0 Å². The van der Waals surface area contributed by atoms with Gasteiger partial charge in [-0.15, -0.1) is 0 Å². The summed E-state index contributed by atoms with van der Waals surface area (Å²) in [5.41, 5.74) is -0.160. The van der Waals surface area contributed by atoms with E-state index in [1.54, 1.807) is 0 Å². The van der Waals surface area contributed by atoms with Crippen molar-refractivity contribution in [1.29, 1.82) is 0 Å². The topological polar surface area (TPSA) is 26.3 Å². The third-order valence-electron chi connectivity index (χ3n) is 3.12.